The molecule has 1 N–H and O–H groups in total. The molecule has 1 rings (SSSR count). The molecule has 1 unspecified atom stereocenters. The molecule has 0 aromatic carbocycles. The van der Waals surface area contributed by atoms with E-state index in [4.69, 9.17) is 4.74 Å². The number of rotatable bonds is 7. The number of hydrogen-bond acceptors (Lipinski definition) is 3. The molecule has 1 atom stereocenters. The summed E-state index contributed by atoms with van der Waals surface area (Å²) < 4.78 is 7.57. The molecule has 0 bridgehead atoms. The molecule has 4 heteroatoms. The Morgan fingerprint density at radius 1 is 1.53 bits per heavy atom. The van der Waals surface area contributed by atoms with Gasteiger partial charge in [-0.25, -0.2) is 4.98 Å². The van der Waals surface area contributed by atoms with Crippen LogP contribution in [0.1, 0.15) is 32.5 Å². The average Bonchev–Trinajstić information content (AvgIpc) is 2.71. The maximum atomic E-state index is 5.41. The minimum atomic E-state index is 0.348. The van der Waals surface area contributed by atoms with Crippen molar-refractivity contribution < 1.29 is 4.74 Å². The zero-order chi connectivity index (χ0) is 11.1. The van der Waals surface area contributed by atoms with Gasteiger partial charge in [-0.05, 0) is 20.4 Å². The van der Waals surface area contributed by atoms with Gasteiger partial charge in [0, 0.05) is 19.3 Å². The van der Waals surface area contributed by atoms with E-state index in [1.807, 2.05) is 19.4 Å². The second-order valence-corrected chi connectivity index (χ2v) is 3.58. The molecule has 0 aliphatic heterocycles. The van der Waals surface area contributed by atoms with Crippen molar-refractivity contribution >= 4 is 0 Å². The average molecular weight is 211 g/mol. The lowest BCUT2D eigenvalue weighted by Crippen LogP contribution is -2.19. The molecular weight excluding hydrogens is 190 g/mol. The van der Waals surface area contributed by atoms with Crippen LogP contribution in [0.5, 0.6) is 0 Å². The second-order valence-electron chi connectivity index (χ2n) is 3.58. The third-order valence-electron chi connectivity index (χ3n) is 2.34. The molecule has 0 spiro atoms. The summed E-state index contributed by atoms with van der Waals surface area (Å²) in [5.74, 6) is 0. The minimum absolute atomic E-state index is 0.348. The molecule has 15 heavy (non-hydrogen) atoms. The maximum absolute atomic E-state index is 5.41. The van der Waals surface area contributed by atoms with E-state index >= 15 is 0 Å². The molecule has 1 heterocycles. The van der Waals surface area contributed by atoms with Crippen molar-refractivity contribution in [2.24, 2.45) is 0 Å². The monoisotopic (exact) mass is 211 g/mol. The predicted octanol–water partition coefficient (Wildman–Crippen LogP) is 1.59. The first-order valence-corrected chi connectivity index (χ1v) is 5.58. The molecule has 1 aromatic heterocycles. The first-order valence-electron chi connectivity index (χ1n) is 5.58. The second kappa shape index (κ2) is 6.58. The summed E-state index contributed by atoms with van der Waals surface area (Å²) in [6.45, 7) is 9.61. The fourth-order valence-corrected chi connectivity index (χ4v) is 1.49. The van der Waals surface area contributed by atoms with Crippen molar-refractivity contribution in [1.82, 2.24) is 14.9 Å². The number of imidazole rings is 1. The summed E-state index contributed by atoms with van der Waals surface area (Å²) in [6.07, 6.45) is 3.78. The molecule has 0 aliphatic carbocycles. The molecule has 0 saturated carbocycles. The number of nitrogens with zero attached hydrogens (tertiary/aromatic N) is 2. The number of aromatic nitrogens is 2. The minimum Gasteiger partial charge on any atom is -0.380 e. The fraction of sp³-hybridized carbons (Fsp3) is 0.727. The Hall–Kier alpha value is -0.870. The van der Waals surface area contributed by atoms with Gasteiger partial charge in [-0.15, -0.1) is 0 Å². The zero-order valence-electron chi connectivity index (χ0n) is 9.86. The Balaban J connectivity index is 2.54. The topological polar surface area (TPSA) is 39.1 Å². The highest BCUT2D eigenvalue weighted by atomic mass is 16.5. The van der Waals surface area contributed by atoms with E-state index < -0.39 is 0 Å². The van der Waals surface area contributed by atoms with Gasteiger partial charge >= 0.3 is 0 Å². The van der Waals surface area contributed by atoms with E-state index in [1.165, 1.54) is 5.69 Å². The summed E-state index contributed by atoms with van der Waals surface area (Å²) in [5, 5.41) is 3.30. The van der Waals surface area contributed by atoms with Gasteiger partial charge in [0.2, 0.25) is 0 Å². The molecule has 0 aliphatic rings. The van der Waals surface area contributed by atoms with Gasteiger partial charge < -0.3 is 14.6 Å². The van der Waals surface area contributed by atoms with Crippen LogP contribution in [0.4, 0.5) is 0 Å². The van der Waals surface area contributed by atoms with Crippen LogP contribution in [-0.4, -0.2) is 29.3 Å². The van der Waals surface area contributed by atoms with Crippen LogP contribution in [0.25, 0.3) is 0 Å². The lowest BCUT2D eigenvalue weighted by atomic mass is 10.3. The summed E-state index contributed by atoms with van der Waals surface area (Å²) in [7, 11) is 0. The molecule has 0 amide bonds. The van der Waals surface area contributed by atoms with Crippen LogP contribution in [0.2, 0.25) is 0 Å². The summed E-state index contributed by atoms with van der Waals surface area (Å²) in [4.78, 5) is 4.17. The number of hydrogen-bond donors (Lipinski definition) is 1. The Morgan fingerprint density at radius 2 is 2.33 bits per heavy atom. The summed E-state index contributed by atoms with van der Waals surface area (Å²) in [6, 6.07) is 0.348. The lowest BCUT2D eigenvalue weighted by Gasteiger charge is -2.16. The van der Waals surface area contributed by atoms with Gasteiger partial charge in [0.05, 0.1) is 24.7 Å². The Kier molecular flexibility index (Phi) is 5.36. The molecular formula is C11H21N3O. The lowest BCUT2D eigenvalue weighted by molar-refractivity contribution is 0.118. The fourth-order valence-electron chi connectivity index (χ4n) is 1.49. The Labute approximate surface area is 91.7 Å². The van der Waals surface area contributed by atoms with Gasteiger partial charge in [0.15, 0.2) is 0 Å². The van der Waals surface area contributed by atoms with E-state index in [2.05, 4.69) is 28.7 Å². The highest BCUT2D eigenvalue weighted by Crippen LogP contribution is 2.10. The molecule has 86 valence electrons. The summed E-state index contributed by atoms with van der Waals surface area (Å²) in [5.41, 5.74) is 1.21. The van der Waals surface area contributed by atoms with Crippen molar-refractivity contribution in [2.75, 3.05) is 19.8 Å². The van der Waals surface area contributed by atoms with Crippen molar-refractivity contribution in [3.8, 4) is 0 Å². The van der Waals surface area contributed by atoms with Gasteiger partial charge in [0.25, 0.3) is 0 Å². The van der Waals surface area contributed by atoms with Crippen LogP contribution >= 0.6 is 0 Å². The standard InChI is InChI=1S/C11H21N3O/c1-4-12-6-11-7-13-9-14(11)10(3)8-15-5-2/h7,9-10,12H,4-6,8H2,1-3H3. The quantitative estimate of drug-likeness (QED) is 0.744. The number of nitrogens with one attached hydrogen (secondary N) is 1. The summed E-state index contributed by atoms with van der Waals surface area (Å²) >= 11 is 0. The highest BCUT2D eigenvalue weighted by molar-refractivity contribution is 4.99. The Bertz CT molecular complexity index is 273. The normalized spacial score (nSPS) is 13.0. The maximum Gasteiger partial charge on any atom is 0.0951 e. The first kappa shape index (κ1) is 12.2. The van der Waals surface area contributed by atoms with Crippen LogP contribution in [0.3, 0.4) is 0 Å². The van der Waals surface area contributed by atoms with Gasteiger partial charge in [-0.2, -0.15) is 0 Å². The van der Waals surface area contributed by atoms with Crippen LogP contribution in [0.15, 0.2) is 12.5 Å². The smallest absolute Gasteiger partial charge is 0.0951 e. The molecule has 4 nitrogen and oxygen atoms in total. The van der Waals surface area contributed by atoms with Gasteiger partial charge in [0.1, 0.15) is 0 Å². The Morgan fingerprint density at radius 3 is 3.00 bits per heavy atom. The predicted molar refractivity (Wildman–Crippen MR) is 60.8 cm³/mol. The van der Waals surface area contributed by atoms with E-state index in [1.54, 1.807) is 0 Å². The van der Waals surface area contributed by atoms with E-state index in [-0.39, 0.29) is 0 Å². The third kappa shape index (κ3) is 3.64. The van der Waals surface area contributed by atoms with Crippen molar-refractivity contribution in [2.45, 2.75) is 33.4 Å². The van der Waals surface area contributed by atoms with E-state index in [9.17, 15) is 0 Å². The molecule has 0 fully saturated rings. The number of ether oxygens (including phenoxy) is 1. The van der Waals surface area contributed by atoms with Gasteiger partial charge in [-0.3, -0.25) is 0 Å². The largest absolute Gasteiger partial charge is 0.380 e. The van der Waals surface area contributed by atoms with Gasteiger partial charge in [-0.1, -0.05) is 6.92 Å². The van der Waals surface area contributed by atoms with Crippen molar-refractivity contribution in [1.29, 1.82) is 0 Å². The molecule has 1 aromatic rings. The SMILES string of the molecule is CCNCc1cncn1C(C)COCC. The third-order valence-corrected chi connectivity index (χ3v) is 2.34. The first-order chi connectivity index (χ1) is 7.29. The zero-order valence-corrected chi connectivity index (χ0v) is 9.86. The molecule has 0 saturated heterocycles. The van der Waals surface area contributed by atoms with Crippen LogP contribution in [-0.2, 0) is 11.3 Å². The van der Waals surface area contributed by atoms with Crippen LogP contribution < -0.4 is 5.32 Å². The van der Waals surface area contributed by atoms with Crippen molar-refractivity contribution in [3.63, 3.8) is 0 Å². The highest BCUT2D eigenvalue weighted by Gasteiger charge is 2.08. The van der Waals surface area contributed by atoms with Crippen molar-refractivity contribution in [3.05, 3.63) is 18.2 Å². The van der Waals surface area contributed by atoms with E-state index in [0.29, 0.717) is 6.04 Å². The van der Waals surface area contributed by atoms with Crippen LogP contribution in [0, 0.1) is 0 Å². The van der Waals surface area contributed by atoms with E-state index in [0.717, 1.165) is 26.3 Å². The molecule has 0 radical (unpaired) electrons.